The van der Waals surface area contributed by atoms with Gasteiger partial charge in [-0.05, 0) is 19.8 Å². The number of ether oxygens (including phenoxy) is 1. The molecule has 1 saturated carbocycles. The molecule has 0 atom stereocenters. The Labute approximate surface area is 71.5 Å². The van der Waals surface area contributed by atoms with E-state index in [1.54, 1.807) is 6.92 Å². The van der Waals surface area contributed by atoms with Crippen LogP contribution in [0, 0.1) is 5.92 Å². The molecule has 70 valence electrons. The summed E-state index contributed by atoms with van der Waals surface area (Å²) in [5, 5.41) is 8.05. The summed E-state index contributed by atoms with van der Waals surface area (Å²) in [6, 6.07) is 0. The van der Waals surface area contributed by atoms with Gasteiger partial charge in [-0.25, -0.2) is 0 Å². The Balaban J connectivity index is 0.000000202. The summed E-state index contributed by atoms with van der Waals surface area (Å²) in [5.74, 6) is -0.822. The van der Waals surface area contributed by atoms with Crippen molar-refractivity contribution in [2.45, 2.75) is 26.7 Å². The molecule has 0 unspecified atom stereocenters. The van der Waals surface area contributed by atoms with Crippen LogP contribution in [0.1, 0.15) is 26.7 Å². The topological polar surface area (TPSA) is 63.6 Å². The number of rotatable bonds is 2. The van der Waals surface area contributed by atoms with Crippen molar-refractivity contribution in [3.05, 3.63) is 0 Å². The maximum Gasteiger partial charge on any atom is 0.306 e. The fraction of sp³-hybridized carbons (Fsp3) is 0.750. The van der Waals surface area contributed by atoms with E-state index in [1.165, 1.54) is 6.92 Å². The highest BCUT2D eigenvalue weighted by Crippen LogP contribution is 2.28. The Hall–Kier alpha value is -1.06. The van der Waals surface area contributed by atoms with Crippen LogP contribution in [0.25, 0.3) is 0 Å². The van der Waals surface area contributed by atoms with E-state index >= 15 is 0 Å². The third kappa shape index (κ3) is 7.05. The molecule has 0 aromatic heterocycles. The van der Waals surface area contributed by atoms with Crippen molar-refractivity contribution in [2.24, 2.45) is 5.92 Å². The van der Waals surface area contributed by atoms with Gasteiger partial charge in [0, 0.05) is 6.92 Å². The maximum atomic E-state index is 9.82. The molecule has 4 heteroatoms. The molecular weight excluding hydrogens is 160 g/mol. The zero-order valence-electron chi connectivity index (χ0n) is 7.37. The van der Waals surface area contributed by atoms with Gasteiger partial charge in [-0.2, -0.15) is 0 Å². The van der Waals surface area contributed by atoms with E-state index in [-0.39, 0.29) is 11.9 Å². The number of aliphatic carboxylic acids is 1. The Morgan fingerprint density at radius 1 is 1.50 bits per heavy atom. The molecule has 0 amide bonds. The third-order valence-electron chi connectivity index (χ3n) is 1.27. The lowest BCUT2D eigenvalue weighted by molar-refractivity contribution is -0.140. The number of carbonyl (C=O) groups excluding carboxylic acids is 1. The van der Waals surface area contributed by atoms with Crippen LogP contribution in [-0.4, -0.2) is 23.7 Å². The normalized spacial score (nSPS) is 14.2. The minimum absolute atomic E-state index is 0.0185. The zero-order chi connectivity index (χ0) is 9.56. The molecule has 1 fully saturated rings. The quantitative estimate of drug-likeness (QED) is 0.635. The predicted molar refractivity (Wildman–Crippen MR) is 42.7 cm³/mol. The van der Waals surface area contributed by atoms with Crippen LogP contribution in [0.2, 0.25) is 0 Å². The van der Waals surface area contributed by atoms with E-state index in [0.29, 0.717) is 6.61 Å². The van der Waals surface area contributed by atoms with E-state index in [0.717, 1.165) is 12.8 Å². The fourth-order valence-corrected chi connectivity index (χ4v) is 0.534. The second kappa shape index (κ2) is 5.57. The first-order valence-electron chi connectivity index (χ1n) is 3.94. The van der Waals surface area contributed by atoms with E-state index < -0.39 is 5.97 Å². The summed E-state index contributed by atoms with van der Waals surface area (Å²) in [4.78, 5) is 19.6. The Morgan fingerprint density at radius 2 is 2.00 bits per heavy atom. The van der Waals surface area contributed by atoms with Gasteiger partial charge in [0.15, 0.2) is 0 Å². The number of hydrogen-bond donors (Lipinski definition) is 1. The molecular formula is C8H14O4. The first-order valence-corrected chi connectivity index (χ1v) is 3.94. The summed E-state index contributed by atoms with van der Waals surface area (Å²) >= 11 is 0. The van der Waals surface area contributed by atoms with Crippen molar-refractivity contribution in [3.8, 4) is 0 Å². The van der Waals surface area contributed by atoms with E-state index in [9.17, 15) is 9.59 Å². The second-order valence-corrected chi connectivity index (χ2v) is 2.54. The van der Waals surface area contributed by atoms with E-state index in [1.807, 2.05) is 0 Å². The van der Waals surface area contributed by atoms with Crippen LogP contribution in [0.4, 0.5) is 0 Å². The van der Waals surface area contributed by atoms with Gasteiger partial charge in [0.2, 0.25) is 0 Å². The molecule has 1 N–H and O–H groups in total. The zero-order valence-corrected chi connectivity index (χ0v) is 7.37. The molecule has 0 aromatic carbocycles. The SMILES string of the molecule is CCOC(C)=O.O=C(O)C1CC1. The van der Waals surface area contributed by atoms with Crippen molar-refractivity contribution >= 4 is 11.9 Å². The number of carboxylic acid groups (broad SMARTS) is 1. The highest BCUT2D eigenvalue weighted by molar-refractivity contribution is 5.72. The largest absolute Gasteiger partial charge is 0.481 e. The minimum Gasteiger partial charge on any atom is -0.481 e. The Bertz CT molecular complexity index is 160. The lowest BCUT2D eigenvalue weighted by Gasteiger charge is -1.89. The van der Waals surface area contributed by atoms with Gasteiger partial charge in [-0.15, -0.1) is 0 Å². The number of carboxylic acids is 1. The second-order valence-electron chi connectivity index (χ2n) is 2.54. The van der Waals surface area contributed by atoms with Gasteiger partial charge in [-0.1, -0.05) is 0 Å². The molecule has 1 aliphatic rings. The minimum atomic E-state index is -0.630. The average Bonchev–Trinajstić information content (AvgIpc) is 2.67. The average molecular weight is 174 g/mol. The van der Waals surface area contributed by atoms with Gasteiger partial charge in [0.25, 0.3) is 0 Å². The molecule has 0 bridgehead atoms. The Morgan fingerprint density at radius 3 is 2.00 bits per heavy atom. The first kappa shape index (κ1) is 10.9. The Kier molecular flexibility index (Phi) is 5.08. The summed E-state index contributed by atoms with van der Waals surface area (Å²) in [7, 11) is 0. The standard InChI is InChI=1S/C4H6O2.C4H8O2/c5-4(6)3-1-2-3;1-3-6-4(2)5/h3H,1-2H2,(H,5,6);3H2,1-2H3. The van der Waals surface area contributed by atoms with Crippen molar-refractivity contribution in [3.63, 3.8) is 0 Å². The number of hydrogen-bond acceptors (Lipinski definition) is 3. The van der Waals surface area contributed by atoms with Crippen LogP contribution in [0.3, 0.4) is 0 Å². The van der Waals surface area contributed by atoms with Gasteiger partial charge in [0.1, 0.15) is 0 Å². The molecule has 4 nitrogen and oxygen atoms in total. The lowest BCUT2D eigenvalue weighted by atomic mass is 10.5. The molecule has 12 heavy (non-hydrogen) atoms. The summed E-state index contributed by atoms with van der Waals surface area (Å²) < 4.78 is 4.40. The molecule has 1 rings (SSSR count). The smallest absolute Gasteiger partial charge is 0.306 e. The van der Waals surface area contributed by atoms with Gasteiger partial charge >= 0.3 is 11.9 Å². The highest BCUT2D eigenvalue weighted by atomic mass is 16.5. The van der Waals surface area contributed by atoms with Gasteiger partial charge < -0.3 is 9.84 Å². The molecule has 0 aliphatic heterocycles. The molecule has 0 radical (unpaired) electrons. The van der Waals surface area contributed by atoms with Crippen LogP contribution >= 0.6 is 0 Å². The van der Waals surface area contributed by atoms with Crippen molar-refractivity contribution in [1.29, 1.82) is 0 Å². The molecule has 0 spiro atoms. The van der Waals surface area contributed by atoms with Crippen LogP contribution in [0.15, 0.2) is 0 Å². The fourth-order valence-electron chi connectivity index (χ4n) is 0.534. The lowest BCUT2D eigenvalue weighted by Crippen LogP contribution is -1.95. The van der Waals surface area contributed by atoms with E-state index in [2.05, 4.69) is 4.74 Å². The predicted octanol–water partition coefficient (Wildman–Crippen LogP) is 1.05. The van der Waals surface area contributed by atoms with Crippen LogP contribution in [0.5, 0.6) is 0 Å². The molecule has 1 aliphatic carbocycles. The van der Waals surface area contributed by atoms with Crippen molar-refractivity contribution in [1.82, 2.24) is 0 Å². The third-order valence-corrected chi connectivity index (χ3v) is 1.27. The molecule has 0 saturated heterocycles. The first-order chi connectivity index (χ1) is 5.57. The maximum absolute atomic E-state index is 9.82. The van der Waals surface area contributed by atoms with Crippen molar-refractivity contribution in [2.75, 3.05) is 6.61 Å². The van der Waals surface area contributed by atoms with Gasteiger partial charge in [0.05, 0.1) is 12.5 Å². The summed E-state index contributed by atoms with van der Waals surface area (Å²) in [5.41, 5.74) is 0. The van der Waals surface area contributed by atoms with Crippen LogP contribution in [-0.2, 0) is 14.3 Å². The number of carbonyl (C=O) groups is 2. The van der Waals surface area contributed by atoms with Gasteiger partial charge in [-0.3, -0.25) is 9.59 Å². The molecule has 0 heterocycles. The van der Waals surface area contributed by atoms with Crippen LogP contribution < -0.4 is 0 Å². The molecule has 0 aromatic rings. The number of esters is 1. The van der Waals surface area contributed by atoms with E-state index in [4.69, 9.17) is 5.11 Å². The van der Waals surface area contributed by atoms with Crippen molar-refractivity contribution < 1.29 is 19.4 Å². The monoisotopic (exact) mass is 174 g/mol. The summed E-state index contributed by atoms with van der Waals surface area (Å²) in [6.45, 7) is 3.65. The highest BCUT2D eigenvalue weighted by Gasteiger charge is 2.28. The summed E-state index contributed by atoms with van der Waals surface area (Å²) in [6.07, 6.45) is 1.80.